The van der Waals surface area contributed by atoms with E-state index < -0.39 is 0 Å². The van der Waals surface area contributed by atoms with Crippen LogP contribution in [0.25, 0.3) is 16.7 Å². The second-order valence-electron chi connectivity index (χ2n) is 9.15. The predicted molar refractivity (Wildman–Crippen MR) is 135 cm³/mol. The Morgan fingerprint density at radius 1 is 0.970 bits per heavy atom. The molecular weight excluding hydrogens is 412 g/mol. The summed E-state index contributed by atoms with van der Waals surface area (Å²) in [7, 11) is 4.26. The quantitative estimate of drug-likeness (QED) is 0.489. The van der Waals surface area contributed by atoms with Gasteiger partial charge in [-0.2, -0.15) is 0 Å². The smallest absolute Gasteiger partial charge is 0.166 e. The Kier molecular flexibility index (Phi) is 5.86. The molecule has 33 heavy (non-hydrogen) atoms. The zero-order valence-electron chi connectivity index (χ0n) is 19.9. The minimum absolute atomic E-state index is 0.793. The Morgan fingerprint density at radius 2 is 1.73 bits per heavy atom. The van der Waals surface area contributed by atoms with E-state index in [0.717, 1.165) is 73.3 Å². The van der Waals surface area contributed by atoms with Gasteiger partial charge in [0.25, 0.3) is 0 Å². The van der Waals surface area contributed by atoms with E-state index in [1.807, 2.05) is 16.9 Å². The van der Waals surface area contributed by atoms with E-state index in [4.69, 9.17) is 9.97 Å². The number of anilines is 3. The molecule has 0 spiro atoms. The summed E-state index contributed by atoms with van der Waals surface area (Å²) in [6.07, 6.45) is 3.67. The minimum atomic E-state index is 0.793. The van der Waals surface area contributed by atoms with Crippen LogP contribution in [0.3, 0.4) is 0 Å². The molecule has 1 aliphatic heterocycles. The number of piperazine rings is 1. The molecule has 0 atom stereocenters. The second-order valence-corrected chi connectivity index (χ2v) is 9.15. The first kappa shape index (κ1) is 21.6. The molecule has 1 saturated heterocycles. The number of imidazole rings is 1. The van der Waals surface area contributed by atoms with Crippen LogP contribution in [0.15, 0.2) is 42.9 Å². The molecule has 0 radical (unpaired) electrons. The van der Waals surface area contributed by atoms with Crippen LogP contribution in [0.1, 0.15) is 11.1 Å². The number of aromatic nitrogens is 4. The molecular formula is C25H32N8. The number of hydrogen-bond donors (Lipinski definition) is 1. The molecule has 1 fully saturated rings. The number of nitrogens with one attached hydrogen (secondary N) is 1. The lowest BCUT2D eigenvalue weighted by atomic mass is 10.1. The summed E-state index contributed by atoms with van der Waals surface area (Å²) in [4.78, 5) is 21.5. The van der Waals surface area contributed by atoms with Gasteiger partial charge in [-0.15, -0.1) is 0 Å². The van der Waals surface area contributed by atoms with Gasteiger partial charge in [-0.05, 0) is 51.2 Å². The highest BCUT2D eigenvalue weighted by Gasteiger charge is 2.19. The Balaban J connectivity index is 1.43. The van der Waals surface area contributed by atoms with Crippen LogP contribution in [-0.4, -0.2) is 82.5 Å². The number of rotatable bonds is 6. The SMILES string of the molecule is Cc1cccc(C)c1Nc1nc2ccc(N3CCN(CCN(C)C)CC3)nc2n2cncc12. The molecule has 5 rings (SSSR count). The fraction of sp³-hybridized carbons (Fsp3) is 0.400. The van der Waals surface area contributed by atoms with Crippen LogP contribution in [0.2, 0.25) is 0 Å². The molecule has 1 aromatic carbocycles. The molecule has 1 aliphatic rings. The monoisotopic (exact) mass is 444 g/mol. The molecule has 4 heterocycles. The summed E-state index contributed by atoms with van der Waals surface area (Å²) >= 11 is 0. The van der Waals surface area contributed by atoms with Crippen molar-refractivity contribution in [3.63, 3.8) is 0 Å². The number of likely N-dealkylation sites (N-methyl/N-ethyl adjacent to an activating group) is 1. The van der Waals surface area contributed by atoms with Crippen molar-refractivity contribution in [1.82, 2.24) is 29.2 Å². The Morgan fingerprint density at radius 3 is 2.45 bits per heavy atom. The van der Waals surface area contributed by atoms with Gasteiger partial charge in [0, 0.05) is 45.0 Å². The van der Waals surface area contributed by atoms with Crippen molar-refractivity contribution in [1.29, 1.82) is 0 Å². The fourth-order valence-corrected chi connectivity index (χ4v) is 4.45. The number of hydrogen-bond acceptors (Lipinski definition) is 7. The van der Waals surface area contributed by atoms with Gasteiger partial charge in [0.1, 0.15) is 23.2 Å². The van der Waals surface area contributed by atoms with E-state index >= 15 is 0 Å². The number of fused-ring (bicyclic) bond motifs is 3. The lowest BCUT2D eigenvalue weighted by Gasteiger charge is -2.35. The molecule has 0 unspecified atom stereocenters. The summed E-state index contributed by atoms with van der Waals surface area (Å²) in [5, 5.41) is 3.55. The normalized spacial score (nSPS) is 15.1. The van der Waals surface area contributed by atoms with Crippen molar-refractivity contribution in [3.05, 3.63) is 54.0 Å². The van der Waals surface area contributed by atoms with Gasteiger partial charge in [0.05, 0.1) is 6.20 Å². The summed E-state index contributed by atoms with van der Waals surface area (Å²) in [5.41, 5.74) is 6.07. The number of benzene rings is 1. The standard InChI is InChI=1S/C25H32N8/c1-18-6-5-7-19(2)23(18)29-24-21-16-26-17-33(21)25-20(27-24)8-9-22(28-25)32-14-12-31(13-15-32)11-10-30(3)4/h5-9,16-17H,10-15H2,1-4H3,(H,27,29). The van der Waals surface area contributed by atoms with Gasteiger partial charge in [0.15, 0.2) is 11.5 Å². The first-order valence-corrected chi connectivity index (χ1v) is 11.6. The number of aryl methyl sites for hydroxylation is 2. The van der Waals surface area contributed by atoms with Gasteiger partial charge >= 0.3 is 0 Å². The van der Waals surface area contributed by atoms with E-state index in [2.05, 4.69) is 83.3 Å². The number of nitrogens with zero attached hydrogens (tertiary/aromatic N) is 7. The maximum atomic E-state index is 5.01. The molecule has 3 aromatic heterocycles. The van der Waals surface area contributed by atoms with Gasteiger partial charge in [0.2, 0.25) is 0 Å². The zero-order chi connectivity index (χ0) is 22.9. The van der Waals surface area contributed by atoms with Crippen LogP contribution in [-0.2, 0) is 0 Å². The Bertz CT molecular complexity index is 1250. The third-order valence-electron chi connectivity index (χ3n) is 6.47. The molecule has 8 heteroatoms. The minimum Gasteiger partial charge on any atom is -0.354 e. The van der Waals surface area contributed by atoms with E-state index in [9.17, 15) is 0 Å². The zero-order valence-corrected chi connectivity index (χ0v) is 19.9. The molecule has 8 nitrogen and oxygen atoms in total. The molecule has 4 aromatic rings. The highest BCUT2D eigenvalue weighted by Crippen LogP contribution is 2.28. The van der Waals surface area contributed by atoms with E-state index in [0.29, 0.717) is 0 Å². The van der Waals surface area contributed by atoms with Crippen molar-refractivity contribution >= 4 is 34.0 Å². The first-order chi connectivity index (χ1) is 16.0. The summed E-state index contributed by atoms with van der Waals surface area (Å²) in [5.74, 6) is 1.79. The molecule has 0 saturated carbocycles. The first-order valence-electron chi connectivity index (χ1n) is 11.6. The molecule has 172 valence electrons. The van der Waals surface area contributed by atoms with Crippen molar-refractivity contribution in [3.8, 4) is 0 Å². The largest absolute Gasteiger partial charge is 0.354 e. The van der Waals surface area contributed by atoms with Gasteiger partial charge in [-0.3, -0.25) is 9.30 Å². The summed E-state index contributed by atoms with van der Waals surface area (Å²) in [6, 6.07) is 10.5. The summed E-state index contributed by atoms with van der Waals surface area (Å²) in [6.45, 7) is 10.5. The van der Waals surface area contributed by atoms with E-state index in [-0.39, 0.29) is 0 Å². The van der Waals surface area contributed by atoms with Gasteiger partial charge in [-0.1, -0.05) is 18.2 Å². The van der Waals surface area contributed by atoms with E-state index in [1.165, 1.54) is 11.1 Å². The van der Waals surface area contributed by atoms with Crippen molar-refractivity contribution in [2.45, 2.75) is 13.8 Å². The molecule has 1 N–H and O–H groups in total. The van der Waals surface area contributed by atoms with Crippen LogP contribution in [0.4, 0.5) is 17.3 Å². The van der Waals surface area contributed by atoms with Crippen LogP contribution < -0.4 is 10.2 Å². The van der Waals surface area contributed by atoms with Crippen molar-refractivity contribution in [2.75, 3.05) is 63.6 Å². The van der Waals surface area contributed by atoms with Gasteiger partial charge in [-0.25, -0.2) is 15.0 Å². The molecule has 0 aliphatic carbocycles. The van der Waals surface area contributed by atoms with E-state index in [1.54, 1.807) is 0 Å². The van der Waals surface area contributed by atoms with Crippen LogP contribution >= 0.6 is 0 Å². The Labute approximate surface area is 194 Å². The summed E-state index contributed by atoms with van der Waals surface area (Å²) < 4.78 is 2.04. The average Bonchev–Trinajstić information content (AvgIpc) is 3.31. The Hall–Kier alpha value is -3.23. The number of pyridine rings is 1. The highest BCUT2D eigenvalue weighted by atomic mass is 15.3. The maximum Gasteiger partial charge on any atom is 0.166 e. The predicted octanol–water partition coefficient (Wildman–Crippen LogP) is 3.32. The highest BCUT2D eigenvalue weighted by molar-refractivity contribution is 5.85. The molecule has 0 bridgehead atoms. The van der Waals surface area contributed by atoms with Crippen molar-refractivity contribution < 1.29 is 0 Å². The van der Waals surface area contributed by atoms with Crippen LogP contribution in [0, 0.1) is 13.8 Å². The van der Waals surface area contributed by atoms with Gasteiger partial charge < -0.3 is 15.1 Å². The van der Waals surface area contributed by atoms with Crippen LogP contribution in [0.5, 0.6) is 0 Å². The maximum absolute atomic E-state index is 5.01. The topological polar surface area (TPSA) is 64.8 Å². The lowest BCUT2D eigenvalue weighted by molar-refractivity contribution is 0.229. The number of para-hydroxylation sites is 1. The second kappa shape index (κ2) is 8.96. The third kappa shape index (κ3) is 4.36. The third-order valence-corrected chi connectivity index (χ3v) is 6.47. The average molecular weight is 445 g/mol. The molecule has 0 amide bonds. The lowest BCUT2D eigenvalue weighted by Crippen LogP contribution is -2.48. The fourth-order valence-electron chi connectivity index (χ4n) is 4.45. The van der Waals surface area contributed by atoms with Crippen molar-refractivity contribution in [2.24, 2.45) is 0 Å².